The number of ether oxygens (including phenoxy) is 4. The SMILES string of the molecule is O=C1CCC(=O)C(=O)OC2(O1)OC(=O)CCC(=O)C(=O)O2. The minimum Gasteiger partial charge on any atom is -0.352 e. The van der Waals surface area contributed by atoms with Gasteiger partial charge in [0.25, 0.3) is 0 Å². The van der Waals surface area contributed by atoms with E-state index < -0.39 is 67.3 Å². The molecule has 1 spiro atoms. The number of carbonyl (C=O) groups excluding carboxylic acids is 6. The topological polar surface area (TPSA) is 139 Å². The molecule has 21 heavy (non-hydrogen) atoms. The zero-order valence-corrected chi connectivity index (χ0v) is 10.4. The van der Waals surface area contributed by atoms with Gasteiger partial charge in [-0.05, 0) is 0 Å². The van der Waals surface area contributed by atoms with Gasteiger partial charge in [-0.3, -0.25) is 19.2 Å². The maximum Gasteiger partial charge on any atom is 0.620 e. The third-order valence-corrected chi connectivity index (χ3v) is 2.48. The van der Waals surface area contributed by atoms with Crippen molar-refractivity contribution in [3.8, 4) is 0 Å². The van der Waals surface area contributed by atoms with Crippen molar-refractivity contribution in [2.24, 2.45) is 0 Å². The van der Waals surface area contributed by atoms with E-state index in [4.69, 9.17) is 0 Å². The molecule has 2 saturated heterocycles. The van der Waals surface area contributed by atoms with Crippen molar-refractivity contribution in [1.29, 1.82) is 0 Å². The monoisotopic (exact) mass is 300 g/mol. The fourth-order valence-corrected chi connectivity index (χ4v) is 1.48. The Balaban J connectivity index is 2.36. The molecule has 0 atom stereocenters. The van der Waals surface area contributed by atoms with E-state index >= 15 is 0 Å². The van der Waals surface area contributed by atoms with Gasteiger partial charge in [-0.1, -0.05) is 0 Å². The first-order chi connectivity index (χ1) is 9.81. The second-order valence-electron chi connectivity index (χ2n) is 4.07. The van der Waals surface area contributed by atoms with E-state index in [-0.39, 0.29) is 0 Å². The molecule has 2 aliphatic rings. The number of Topliss-reactive ketones (excluding diaryl/α,β-unsaturated/α-hetero) is 2. The van der Waals surface area contributed by atoms with Crippen LogP contribution in [0.4, 0.5) is 0 Å². The van der Waals surface area contributed by atoms with Crippen LogP contribution in [0.5, 0.6) is 0 Å². The van der Waals surface area contributed by atoms with Gasteiger partial charge < -0.3 is 18.9 Å². The minimum absolute atomic E-state index is 0.478. The summed E-state index contributed by atoms with van der Waals surface area (Å²) in [6.07, 6.45) is -5.17. The lowest BCUT2D eigenvalue weighted by atomic mass is 10.2. The van der Waals surface area contributed by atoms with Gasteiger partial charge in [-0.2, -0.15) is 0 Å². The Morgan fingerprint density at radius 3 is 1.33 bits per heavy atom. The normalized spacial score (nSPS) is 23.0. The average Bonchev–Trinajstić information content (AvgIpc) is 2.39. The van der Waals surface area contributed by atoms with Crippen molar-refractivity contribution in [2.45, 2.75) is 31.8 Å². The molecule has 2 heterocycles. The van der Waals surface area contributed by atoms with Crippen LogP contribution in [0.1, 0.15) is 25.7 Å². The standard InChI is InChI=1S/C11H8O10/c12-5-1-3-7(14)18-11(20-9(5)16)19-8(15)4-2-6(13)10(17)21-11/h1-4H2. The summed E-state index contributed by atoms with van der Waals surface area (Å²) in [5.74, 6) is -7.51. The molecule has 0 radical (unpaired) electrons. The van der Waals surface area contributed by atoms with Gasteiger partial charge in [-0.25, -0.2) is 9.59 Å². The Morgan fingerprint density at radius 2 is 0.952 bits per heavy atom. The second-order valence-corrected chi connectivity index (χ2v) is 4.07. The van der Waals surface area contributed by atoms with Crippen LogP contribution in [0.15, 0.2) is 0 Å². The summed E-state index contributed by atoms with van der Waals surface area (Å²) in [6, 6.07) is 0. The van der Waals surface area contributed by atoms with Crippen molar-refractivity contribution in [3.05, 3.63) is 0 Å². The van der Waals surface area contributed by atoms with E-state index in [0.29, 0.717) is 0 Å². The van der Waals surface area contributed by atoms with E-state index in [1.165, 1.54) is 0 Å². The zero-order chi connectivity index (χ0) is 15.6. The molecule has 2 aliphatic heterocycles. The Bertz CT molecular complexity index is 509. The van der Waals surface area contributed by atoms with E-state index in [1.807, 2.05) is 0 Å². The van der Waals surface area contributed by atoms with Crippen LogP contribution >= 0.6 is 0 Å². The molecule has 0 bridgehead atoms. The molecule has 112 valence electrons. The zero-order valence-electron chi connectivity index (χ0n) is 10.4. The molecule has 0 saturated carbocycles. The van der Waals surface area contributed by atoms with Crippen LogP contribution in [-0.2, 0) is 47.7 Å². The van der Waals surface area contributed by atoms with Crippen molar-refractivity contribution < 1.29 is 47.7 Å². The Kier molecular flexibility index (Phi) is 3.70. The molecule has 0 aliphatic carbocycles. The van der Waals surface area contributed by atoms with Crippen molar-refractivity contribution in [3.63, 3.8) is 0 Å². The fraction of sp³-hybridized carbons (Fsp3) is 0.455. The highest BCUT2D eigenvalue weighted by Crippen LogP contribution is 2.25. The van der Waals surface area contributed by atoms with Crippen LogP contribution in [0.2, 0.25) is 0 Å². The fourth-order valence-electron chi connectivity index (χ4n) is 1.48. The van der Waals surface area contributed by atoms with Gasteiger partial charge >= 0.3 is 30.0 Å². The number of esters is 4. The number of hydrogen-bond donors (Lipinski definition) is 0. The third-order valence-electron chi connectivity index (χ3n) is 2.48. The molecule has 0 aromatic rings. The van der Waals surface area contributed by atoms with Crippen LogP contribution in [0, 0.1) is 0 Å². The van der Waals surface area contributed by atoms with E-state index in [9.17, 15) is 28.8 Å². The molecule has 0 aromatic heterocycles. The molecule has 0 amide bonds. The summed E-state index contributed by atoms with van der Waals surface area (Å²) < 4.78 is 17.7. The van der Waals surface area contributed by atoms with Gasteiger partial charge in [0.15, 0.2) is 0 Å². The maximum absolute atomic E-state index is 11.4. The number of carbonyl (C=O) groups is 6. The molecular weight excluding hydrogens is 292 g/mol. The highest BCUT2D eigenvalue weighted by atomic mass is 17.0. The van der Waals surface area contributed by atoms with Gasteiger partial charge in [0.05, 0.1) is 12.8 Å². The molecule has 2 fully saturated rings. The lowest BCUT2D eigenvalue weighted by Gasteiger charge is -2.30. The number of hydrogen-bond acceptors (Lipinski definition) is 10. The highest BCUT2D eigenvalue weighted by Gasteiger charge is 2.53. The van der Waals surface area contributed by atoms with Crippen LogP contribution in [0.3, 0.4) is 0 Å². The molecular formula is C11H8O10. The summed E-state index contributed by atoms with van der Waals surface area (Å²) >= 11 is 0. The van der Waals surface area contributed by atoms with E-state index in [2.05, 4.69) is 18.9 Å². The highest BCUT2D eigenvalue weighted by molar-refractivity contribution is 6.35. The van der Waals surface area contributed by atoms with Gasteiger partial charge in [0.1, 0.15) is 0 Å². The number of ketones is 2. The first-order valence-electron chi connectivity index (χ1n) is 5.77. The molecule has 0 unspecified atom stereocenters. The van der Waals surface area contributed by atoms with Crippen LogP contribution in [-0.4, -0.2) is 41.6 Å². The van der Waals surface area contributed by atoms with E-state index in [1.54, 1.807) is 0 Å². The number of rotatable bonds is 0. The second kappa shape index (κ2) is 5.31. The lowest BCUT2D eigenvalue weighted by Crippen LogP contribution is -2.52. The largest absolute Gasteiger partial charge is 0.620 e. The van der Waals surface area contributed by atoms with Crippen LogP contribution < -0.4 is 0 Å². The Hall–Kier alpha value is -2.78. The first-order valence-corrected chi connectivity index (χ1v) is 5.77. The summed E-state index contributed by atoms with van der Waals surface area (Å²) in [4.78, 5) is 68.2. The summed E-state index contributed by atoms with van der Waals surface area (Å²) in [6.45, 7) is 0. The molecule has 0 aromatic carbocycles. The molecule has 10 heteroatoms. The summed E-state index contributed by atoms with van der Waals surface area (Å²) in [5.41, 5.74) is 0. The average molecular weight is 300 g/mol. The first kappa shape index (κ1) is 14.6. The van der Waals surface area contributed by atoms with Crippen LogP contribution in [0.25, 0.3) is 0 Å². The Labute approximate surface area is 116 Å². The smallest absolute Gasteiger partial charge is 0.352 e. The minimum atomic E-state index is -3.19. The quantitative estimate of drug-likeness (QED) is 0.383. The third kappa shape index (κ3) is 3.22. The molecule has 10 nitrogen and oxygen atoms in total. The van der Waals surface area contributed by atoms with E-state index in [0.717, 1.165) is 0 Å². The van der Waals surface area contributed by atoms with Crippen molar-refractivity contribution in [1.82, 2.24) is 0 Å². The van der Waals surface area contributed by atoms with Gasteiger partial charge in [-0.15, -0.1) is 0 Å². The molecule has 2 rings (SSSR count). The summed E-state index contributed by atoms with van der Waals surface area (Å²) in [5, 5.41) is 0. The van der Waals surface area contributed by atoms with Gasteiger partial charge in [0.2, 0.25) is 11.6 Å². The summed E-state index contributed by atoms with van der Waals surface area (Å²) in [7, 11) is 0. The Morgan fingerprint density at radius 1 is 0.571 bits per heavy atom. The maximum atomic E-state index is 11.4. The van der Waals surface area contributed by atoms with Crippen molar-refractivity contribution in [2.75, 3.05) is 0 Å². The lowest BCUT2D eigenvalue weighted by molar-refractivity contribution is -0.431. The predicted molar refractivity (Wildman–Crippen MR) is 55.6 cm³/mol. The molecule has 0 N–H and O–H groups in total. The predicted octanol–water partition coefficient (Wildman–Crippen LogP) is -1.50. The van der Waals surface area contributed by atoms with Gasteiger partial charge in [0, 0.05) is 12.8 Å². The van der Waals surface area contributed by atoms with Crippen molar-refractivity contribution >= 4 is 35.4 Å².